The van der Waals surface area contributed by atoms with E-state index in [-0.39, 0.29) is 5.91 Å². The molecule has 1 aromatic heterocycles. The van der Waals surface area contributed by atoms with Gasteiger partial charge < -0.3 is 10.6 Å². The molecule has 2 aromatic rings. The normalized spacial score (nSPS) is 10.3. The van der Waals surface area contributed by atoms with Gasteiger partial charge in [0.25, 0.3) is 5.91 Å². The van der Waals surface area contributed by atoms with Crippen LogP contribution in [0.3, 0.4) is 0 Å². The lowest BCUT2D eigenvalue weighted by Gasteiger charge is -2.08. The van der Waals surface area contributed by atoms with Crippen LogP contribution in [-0.2, 0) is 6.54 Å². The summed E-state index contributed by atoms with van der Waals surface area (Å²) in [6.45, 7) is 3.05. The third-order valence-corrected chi connectivity index (χ3v) is 3.97. The van der Waals surface area contributed by atoms with Crippen molar-refractivity contribution in [2.24, 2.45) is 0 Å². The van der Waals surface area contributed by atoms with Crippen LogP contribution in [0, 0.1) is 0 Å². The van der Waals surface area contributed by atoms with Crippen molar-refractivity contribution >= 4 is 46.1 Å². The fourth-order valence-electron chi connectivity index (χ4n) is 1.62. The van der Waals surface area contributed by atoms with Gasteiger partial charge in [-0.15, -0.1) is 11.3 Å². The fraction of sp³-hybridized carbons (Fsp3) is 0.231. The molecule has 20 heavy (non-hydrogen) atoms. The number of rotatable bonds is 5. The van der Waals surface area contributed by atoms with Crippen molar-refractivity contribution in [2.75, 3.05) is 11.9 Å². The lowest BCUT2D eigenvalue weighted by atomic mass is 10.2. The van der Waals surface area contributed by atoms with E-state index in [0.29, 0.717) is 28.1 Å². The molecule has 1 amide bonds. The molecular weight excluding hydrogens is 317 g/mol. The minimum atomic E-state index is -0.168. The van der Waals surface area contributed by atoms with E-state index < -0.39 is 0 Å². The predicted octanol–water partition coefficient (Wildman–Crippen LogP) is 3.81. The molecule has 0 aliphatic heterocycles. The molecule has 106 valence electrons. The fourth-order valence-corrected chi connectivity index (χ4v) is 2.80. The number of nitrogens with zero attached hydrogens (tertiary/aromatic N) is 1. The monoisotopic (exact) mass is 329 g/mol. The highest BCUT2D eigenvalue weighted by molar-refractivity contribution is 7.15. The Morgan fingerprint density at radius 1 is 1.40 bits per heavy atom. The van der Waals surface area contributed by atoms with E-state index in [1.807, 2.05) is 13.0 Å². The maximum Gasteiger partial charge on any atom is 0.252 e. The summed E-state index contributed by atoms with van der Waals surface area (Å²) in [5, 5.41) is 6.35. The lowest BCUT2D eigenvalue weighted by molar-refractivity contribution is 0.0956. The maximum absolute atomic E-state index is 11.7. The van der Waals surface area contributed by atoms with Gasteiger partial charge in [0.2, 0.25) is 0 Å². The van der Waals surface area contributed by atoms with Gasteiger partial charge in [0.15, 0.2) is 4.47 Å². The highest BCUT2D eigenvalue weighted by Gasteiger charge is 2.09. The second-order valence-corrected chi connectivity index (χ2v) is 6.09. The Labute approximate surface area is 131 Å². The quantitative estimate of drug-likeness (QED) is 0.876. The summed E-state index contributed by atoms with van der Waals surface area (Å²) < 4.78 is 0.520. The molecule has 0 fully saturated rings. The number of nitrogens with one attached hydrogen (secondary N) is 2. The standard InChI is InChI=1S/C13H13Cl2N3OS/c1-2-16-12(19)10-4-3-8(5-11(10)14)17-6-9-7-18-13(15)20-9/h3-5,7,17H,2,6H2,1H3,(H,16,19). The average molecular weight is 330 g/mol. The number of halogens is 2. The van der Waals surface area contributed by atoms with Crippen LogP contribution in [0.25, 0.3) is 0 Å². The molecule has 2 N–H and O–H groups in total. The second-order valence-electron chi connectivity index (χ2n) is 3.99. The molecule has 1 heterocycles. The molecule has 7 heteroatoms. The number of carbonyl (C=O) groups excluding carboxylic acids is 1. The number of anilines is 1. The van der Waals surface area contributed by atoms with Gasteiger partial charge in [0.05, 0.1) is 17.1 Å². The van der Waals surface area contributed by atoms with E-state index >= 15 is 0 Å². The molecule has 0 spiro atoms. The Hall–Kier alpha value is -1.30. The first-order chi connectivity index (χ1) is 9.60. The zero-order chi connectivity index (χ0) is 14.5. The van der Waals surface area contributed by atoms with Crippen molar-refractivity contribution in [3.8, 4) is 0 Å². The van der Waals surface area contributed by atoms with Crippen LogP contribution >= 0.6 is 34.5 Å². The van der Waals surface area contributed by atoms with Crippen LogP contribution in [-0.4, -0.2) is 17.4 Å². The van der Waals surface area contributed by atoms with Crippen molar-refractivity contribution in [3.63, 3.8) is 0 Å². The van der Waals surface area contributed by atoms with Gasteiger partial charge in [0.1, 0.15) is 0 Å². The maximum atomic E-state index is 11.7. The minimum absolute atomic E-state index is 0.168. The van der Waals surface area contributed by atoms with Crippen molar-refractivity contribution in [1.82, 2.24) is 10.3 Å². The third kappa shape index (κ3) is 3.85. The van der Waals surface area contributed by atoms with Gasteiger partial charge >= 0.3 is 0 Å². The third-order valence-electron chi connectivity index (χ3n) is 2.54. The summed E-state index contributed by atoms with van der Waals surface area (Å²) >= 11 is 13.3. The Kier molecular flexibility index (Phi) is 5.23. The van der Waals surface area contributed by atoms with E-state index in [4.69, 9.17) is 23.2 Å². The van der Waals surface area contributed by atoms with E-state index in [1.165, 1.54) is 11.3 Å². The number of carbonyl (C=O) groups is 1. The Bertz CT molecular complexity index is 615. The number of thiazole rings is 1. The predicted molar refractivity (Wildman–Crippen MR) is 83.9 cm³/mol. The Balaban J connectivity index is 2.03. The Morgan fingerprint density at radius 3 is 2.80 bits per heavy atom. The molecule has 0 saturated carbocycles. The molecule has 0 aliphatic carbocycles. The zero-order valence-corrected chi connectivity index (χ0v) is 13.1. The summed E-state index contributed by atoms with van der Waals surface area (Å²) in [5.41, 5.74) is 1.31. The summed E-state index contributed by atoms with van der Waals surface area (Å²) in [6.07, 6.45) is 1.73. The van der Waals surface area contributed by atoms with Crippen LogP contribution in [0.1, 0.15) is 22.2 Å². The van der Waals surface area contributed by atoms with Gasteiger partial charge in [0, 0.05) is 23.3 Å². The number of hydrogen-bond acceptors (Lipinski definition) is 4. The molecule has 4 nitrogen and oxygen atoms in total. The number of aromatic nitrogens is 1. The SMILES string of the molecule is CCNC(=O)c1ccc(NCc2cnc(Cl)s2)cc1Cl. The van der Waals surface area contributed by atoms with Gasteiger partial charge in [-0.05, 0) is 25.1 Å². The van der Waals surface area contributed by atoms with E-state index in [9.17, 15) is 4.79 Å². The van der Waals surface area contributed by atoms with Gasteiger partial charge in [-0.2, -0.15) is 0 Å². The number of benzene rings is 1. The average Bonchev–Trinajstić information content (AvgIpc) is 2.82. The topological polar surface area (TPSA) is 54.0 Å². The van der Waals surface area contributed by atoms with E-state index in [0.717, 1.165) is 10.6 Å². The van der Waals surface area contributed by atoms with Crippen LogP contribution in [0.4, 0.5) is 5.69 Å². The highest BCUT2D eigenvalue weighted by Crippen LogP contribution is 2.23. The van der Waals surface area contributed by atoms with Crippen molar-refractivity contribution in [3.05, 3.63) is 44.3 Å². The largest absolute Gasteiger partial charge is 0.380 e. The molecule has 1 aromatic carbocycles. The van der Waals surface area contributed by atoms with Crippen molar-refractivity contribution in [2.45, 2.75) is 13.5 Å². The summed E-state index contributed by atoms with van der Waals surface area (Å²) in [6, 6.07) is 5.25. The summed E-state index contributed by atoms with van der Waals surface area (Å²) in [7, 11) is 0. The molecule has 2 rings (SSSR count). The van der Waals surface area contributed by atoms with Crippen LogP contribution in [0.2, 0.25) is 9.49 Å². The van der Waals surface area contributed by atoms with Crippen LogP contribution in [0.15, 0.2) is 24.4 Å². The van der Waals surface area contributed by atoms with Crippen molar-refractivity contribution in [1.29, 1.82) is 0 Å². The first-order valence-corrected chi connectivity index (χ1v) is 7.59. The molecule has 0 saturated heterocycles. The number of hydrogen-bond donors (Lipinski definition) is 2. The molecule has 0 unspecified atom stereocenters. The minimum Gasteiger partial charge on any atom is -0.380 e. The molecule has 0 atom stereocenters. The zero-order valence-electron chi connectivity index (χ0n) is 10.7. The van der Waals surface area contributed by atoms with Gasteiger partial charge in [-0.25, -0.2) is 4.98 Å². The van der Waals surface area contributed by atoms with E-state index in [1.54, 1.807) is 18.3 Å². The smallest absolute Gasteiger partial charge is 0.252 e. The lowest BCUT2D eigenvalue weighted by Crippen LogP contribution is -2.22. The summed E-state index contributed by atoms with van der Waals surface area (Å²) in [4.78, 5) is 16.7. The summed E-state index contributed by atoms with van der Waals surface area (Å²) in [5.74, 6) is -0.168. The van der Waals surface area contributed by atoms with Gasteiger partial charge in [-0.1, -0.05) is 23.2 Å². The second kappa shape index (κ2) is 6.92. The Morgan fingerprint density at radius 2 is 2.20 bits per heavy atom. The van der Waals surface area contributed by atoms with Crippen molar-refractivity contribution < 1.29 is 4.79 Å². The van der Waals surface area contributed by atoms with Crippen LogP contribution in [0.5, 0.6) is 0 Å². The molecular formula is C13H13Cl2N3OS. The van der Waals surface area contributed by atoms with E-state index in [2.05, 4.69) is 15.6 Å². The molecule has 0 aliphatic rings. The first-order valence-electron chi connectivity index (χ1n) is 6.02. The highest BCUT2D eigenvalue weighted by atomic mass is 35.5. The number of amides is 1. The van der Waals surface area contributed by atoms with Crippen LogP contribution < -0.4 is 10.6 Å². The molecule has 0 bridgehead atoms. The van der Waals surface area contributed by atoms with Gasteiger partial charge in [-0.3, -0.25) is 4.79 Å². The molecule has 0 radical (unpaired) electrons. The first kappa shape index (κ1) is 15.1.